The van der Waals surface area contributed by atoms with Crippen LogP contribution in [0.3, 0.4) is 0 Å². The van der Waals surface area contributed by atoms with Gasteiger partial charge in [-0.3, -0.25) is 9.48 Å². The molecule has 2 aliphatic rings. The minimum Gasteiger partial charge on any atom is -0.335 e. The van der Waals surface area contributed by atoms with Crippen LogP contribution >= 0.6 is 0 Å². The Hall–Kier alpha value is -1.36. The molecule has 2 saturated heterocycles. The number of nitrogens with one attached hydrogen (secondary N) is 1. The predicted molar refractivity (Wildman–Crippen MR) is 77.6 cm³/mol. The van der Waals surface area contributed by atoms with E-state index in [1.54, 1.807) is 4.68 Å². The molecule has 1 N–H and O–H groups in total. The second-order valence-corrected chi connectivity index (χ2v) is 6.03. The Balaban J connectivity index is 1.86. The molecule has 2 aliphatic heterocycles. The van der Waals surface area contributed by atoms with Gasteiger partial charge in [-0.05, 0) is 24.7 Å². The Morgan fingerprint density at radius 1 is 1.45 bits per heavy atom. The van der Waals surface area contributed by atoms with Gasteiger partial charge in [0.25, 0.3) is 5.91 Å². The minimum atomic E-state index is 0.177. The van der Waals surface area contributed by atoms with Crippen LogP contribution in [0.2, 0.25) is 0 Å². The lowest BCUT2D eigenvalue weighted by Crippen LogP contribution is -2.39. The van der Waals surface area contributed by atoms with Crippen molar-refractivity contribution in [3.05, 3.63) is 17.5 Å². The highest BCUT2D eigenvalue weighted by Crippen LogP contribution is 2.35. The van der Waals surface area contributed by atoms with Gasteiger partial charge in [-0.1, -0.05) is 13.8 Å². The predicted octanol–water partition coefficient (Wildman–Crippen LogP) is 1.05. The molecule has 2 fully saturated rings. The largest absolute Gasteiger partial charge is 0.335 e. The molecule has 0 saturated carbocycles. The van der Waals surface area contributed by atoms with Gasteiger partial charge in [0.1, 0.15) is 0 Å². The molecule has 1 amide bonds. The summed E-state index contributed by atoms with van der Waals surface area (Å²) in [7, 11) is 1.88. The SMILES string of the molecule is CCc1nn(C)cc1C(=O)N1CC2CNCC2C1CC. The topological polar surface area (TPSA) is 50.2 Å². The summed E-state index contributed by atoms with van der Waals surface area (Å²) >= 11 is 0. The third-order valence-electron chi connectivity index (χ3n) is 4.87. The van der Waals surface area contributed by atoms with Crippen molar-refractivity contribution in [1.82, 2.24) is 20.0 Å². The summed E-state index contributed by atoms with van der Waals surface area (Å²) < 4.78 is 1.76. The van der Waals surface area contributed by atoms with Crippen LogP contribution in [0, 0.1) is 11.8 Å². The molecule has 0 radical (unpaired) electrons. The summed E-state index contributed by atoms with van der Waals surface area (Å²) in [5.74, 6) is 1.44. The van der Waals surface area contributed by atoms with Gasteiger partial charge in [-0.15, -0.1) is 0 Å². The van der Waals surface area contributed by atoms with Gasteiger partial charge in [-0.2, -0.15) is 5.10 Å². The highest BCUT2D eigenvalue weighted by atomic mass is 16.2. The van der Waals surface area contributed by atoms with Crippen LogP contribution < -0.4 is 5.32 Å². The summed E-state index contributed by atoms with van der Waals surface area (Å²) in [6.45, 7) is 7.25. The van der Waals surface area contributed by atoms with Crippen LogP contribution in [0.25, 0.3) is 0 Å². The molecular weight excluding hydrogens is 252 g/mol. The van der Waals surface area contributed by atoms with Gasteiger partial charge in [0, 0.05) is 38.9 Å². The van der Waals surface area contributed by atoms with E-state index in [-0.39, 0.29) is 5.91 Å². The van der Waals surface area contributed by atoms with Gasteiger partial charge >= 0.3 is 0 Å². The van der Waals surface area contributed by atoms with E-state index < -0.39 is 0 Å². The lowest BCUT2D eigenvalue weighted by molar-refractivity contribution is 0.0710. The van der Waals surface area contributed by atoms with Gasteiger partial charge < -0.3 is 10.2 Å². The number of likely N-dealkylation sites (tertiary alicyclic amines) is 1. The first-order valence-electron chi connectivity index (χ1n) is 7.69. The van der Waals surface area contributed by atoms with Gasteiger partial charge in [-0.25, -0.2) is 0 Å². The zero-order chi connectivity index (χ0) is 14.3. The number of aryl methyl sites for hydroxylation is 2. The lowest BCUT2D eigenvalue weighted by Gasteiger charge is -2.26. The maximum Gasteiger partial charge on any atom is 0.257 e. The fourth-order valence-electron chi connectivity index (χ4n) is 3.91. The third-order valence-corrected chi connectivity index (χ3v) is 4.87. The highest BCUT2D eigenvalue weighted by molar-refractivity contribution is 5.95. The molecule has 1 aromatic heterocycles. The van der Waals surface area contributed by atoms with Crippen LogP contribution in [-0.4, -0.2) is 46.3 Å². The van der Waals surface area contributed by atoms with E-state index in [1.165, 1.54) is 0 Å². The number of rotatable bonds is 3. The van der Waals surface area contributed by atoms with Crippen molar-refractivity contribution < 1.29 is 4.79 Å². The molecule has 0 bridgehead atoms. The second-order valence-electron chi connectivity index (χ2n) is 6.03. The van der Waals surface area contributed by atoms with Crippen molar-refractivity contribution in [3.8, 4) is 0 Å². The number of fused-ring (bicyclic) bond motifs is 1. The standard InChI is InChI=1S/C15H24N4O/c1-4-13-12(9-18(3)17-13)15(20)19-8-10-6-16-7-11(10)14(19)5-2/h9-11,14,16H,4-8H2,1-3H3. The van der Waals surface area contributed by atoms with Crippen molar-refractivity contribution in [2.45, 2.75) is 32.7 Å². The van der Waals surface area contributed by atoms with E-state index in [0.29, 0.717) is 17.9 Å². The van der Waals surface area contributed by atoms with Crippen molar-refractivity contribution in [3.63, 3.8) is 0 Å². The third kappa shape index (κ3) is 2.04. The average Bonchev–Trinajstić information content (AvgIpc) is 3.10. The van der Waals surface area contributed by atoms with E-state index in [0.717, 1.165) is 43.7 Å². The number of carbonyl (C=O) groups excluding carboxylic acids is 1. The molecule has 5 heteroatoms. The van der Waals surface area contributed by atoms with E-state index in [9.17, 15) is 4.79 Å². The van der Waals surface area contributed by atoms with Gasteiger partial charge in [0.05, 0.1) is 11.3 Å². The van der Waals surface area contributed by atoms with Crippen molar-refractivity contribution in [1.29, 1.82) is 0 Å². The zero-order valence-corrected chi connectivity index (χ0v) is 12.6. The fraction of sp³-hybridized carbons (Fsp3) is 0.733. The summed E-state index contributed by atoms with van der Waals surface area (Å²) in [5, 5.41) is 7.86. The molecule has 20 heavy (non-hydrogen) atoms. The van der Waals surface area contributed by atoms with Crippen LogP contribution in [0.5, 0.6) is 0 Å². The van der Waals surface area contributed by atoms with Crippen LogP contribution in [0.15, 0.2) is 6.20 Å². The summed E-state index contributed by atoms with van der Waals surface area (Å²) in [6, 6.07) is 0.382. The summed E-state index contributed by atoms with van der Waals surface area (Å²) in [5.41, 5.74) is 1.71. The lowest BCUT2D eigenvalue weighted by atomic mass is 9.93. The number of hydrogen-bond acceptors (Lipinski definition) is 3. The van der Waals surface area contributed by atoms with Crippen LogP contribution in [0.1, 0.15) is 36.3 Å². The molecular formula is C15H24N4O. The number of nitrogens with zero attached hydrogens (tertiary/aromatic N) is 3. The normalized spacial score (nSPS) is 28.9. The maximum atomic E-state index is 12.9. The molecule has 110 valence electrons. The molecule has 0 aromatic carbocycles. The van der Waals surface area contributed by atoms with Gasteiger partial charge in [0.2, 0.25) is 0 Å². The monoisotopic (exact) mass is 276 g/mol. The van der Waals surface area contributed by atoms with Gasteiger partial charge in [0.15, 0.2) is 0 Å². The fourth-order valence-corrected chi connectivity index (χ4v) is 3.91. The first kappa shape index (κ1) is 13.6. The Bertz CT molecular complexity index is 510. The Morgan fingerprint density at radius 2 is 2.25 bits per heavy atom. The Morgan fingerprint density at radius 3 is 2.95 bits per heavy atom. The summed E-state index contributed by atoms with van der Waals surface area (Å²) in [6.07, 6.45) is 3.72. The maximum absolute atomic E-state index is 12.9. The summed E-state index contributed by atoms with van der Waals surface area (Å²) in [4.78, 5) is 15.0. The zero-order valence-electron chi connectivity index (χ0n) is 12.6. The van der Waals surface area contributed by atoms with Crippen molar-refractivity contribution in [2.75, 3.05) is 19.6 Å². The quantitative estimate of drug-likeness (QED) is 0.898. The van der Waals surface area contributed by atoms with E-state index in [4.69, 9.17) is 0 Å². The Kier molecular flexibility index (Phi) is 3.54. The molecule has 3 unspecified atom stereocenters. The molecule has 0 spiro atoms. The van der Waals surface area contributed by atoms with Crippen molar-refractivity contribution >= 4 is 5.91 Å². The molecule has 0 aliphatic carbocycles. The average molecular weight is 276 g/mol. The number of amides is 1. The van der Waals surface area contributed by atoms with E-state index in [2.05, 4.69) is 29.2 Å². The van der Waals surface area contributed by atoms with E-state index >= 15 is 0 Å². The Labute approximate surface area is 120 Å². The number of aromatic nitrogens is 2. The number of carbonyl (C=O) groups is 1. The molecule has 5 nitrogen and oxygen atoms in total. The van der Waals surface area contributed by atoms with Crippen LogP contribution in [-0.2, 0) is 13.5 Å². The molecule has 1 aromatic rings. The molecule has 3 atom stereocenters. The first-order chi connectivity index (χ1) is 9.65. The highest BCUT2D eigenvalue weighted by Gasteiger charge is 2.45. The van der Waals surface area contributed by atoms with Crippen molar-refractivity contribution in [2.24, 2.45) is 18.9 Å². The smallest absolute Gasteiger partial charge is 0.257 e. The minimum absolute atomic E-state index is 0.177. The molecule has 3 rings (SSSR count). The van der Waals surface area contributed by atoms with E-state index in [1.807, 2.05) is 13.2 Å². The first-order valence-corrected chi connectivity index (χ1v) is 7.69. The molecule has 3 heterocycles. The second kappa shape index (κ2) is 5.20. The van der Waals surface area contributed by atoms with Crippen LogP contribution in [0.4, 0.5) is 0 Å². The number of hydrogen-bond donors (Lipinski definition) is 1.